The molecule has 0 aromatic carbocycles. The van der Waals surface area contributed by atoms with Crippen LogP contribution in [0.4, 0.5) is 0 Å². The van der Waals surface area contributed by atoms with Gasteiger partial charge in [0.2, 0.25) is 0 Å². The molecular formula is C6H6As4Cl2Zr. The van der Waals surface area contributed by atoms with Gasteiger partial charge in [0.05, 0.1) is 0 Å². The van der Waals surface area contributed by atoms with Gasteiger partial charge in [-0.25, -0.2) is 12.2 Å². The van der Waals surface area contributed by atoms with Gasteiger partial charge < -0.3 is 24.8 Å². The van der Waals surface area contributed by atoms with Gasteiger partial charge >= 0.3 is 78.9 Å². The molecule has 0 spiro atoms. The first kappa shape index (κ1) is 21.3. The molecular weight excluding hydrogens is 534 g/mol. The van der Waals surface area contributed by atoms with Crippen molar-refractivity contribution < 1.29 is 51.0 Å². The van der Waals surface area contributed by atoms with E-state index in [1.165, 1.54) is 0 Å². The predicted molar refractivity (Wildman–Crippen MR) is 51.0 cm³/mol. The fourth-order valence-electron chi connectivity index (χ4n) is 0.452. The predicted octanol–water partition coefficient (Wildman–Crippen LogP) is -6.76. The molecule has 2 rings (SSSR count). The summed E-state index contributed by atoms with van der Waals surface area (Å²) in [6, 6.07) is 0. The molecule has 1 aliphatic carbocycles. The molecule has 1 heterocycles. The van der Waals surface area contributed by atoms with Crippen LogP contribution in [-0.4, -0.2) is 52.7 Å². The van der Waals surface area contributed by atoms with Crippen molar-refractivity contribution in [2.24, 2.45) is 0 Å². The van der Waals surface area contributed by atoms with Crippen molar-refractivity contribution in [2.75, 3.05) is 0 Å². The molecule has 1 aliphatic heterocycles. The van der Waals surface area contributed by atoms with Crippen LogP contribution in [0.1, 0.15) is 6.42 Å². The van der Waals surface area contributed by atoms with E-state index in [0.29, 0.717) is 13.7 Å². The Labute approximate surface area is 132 Å². The third-order valence-corrected chi connectivity index (χ3v) is 60.5. The van der Waals surface area contributed by atoms with Crippen LogP contribution >= 0.6 is 0 Å². The first-order valence-electron chi connectivity index (χ1n) is 2.81. The van der Waals surface area contributed by atoms with Crippen molar-refractivity contribution >= 4 is 52.7 Å². The summed E-state index contributed by atoms with van der Waals surface area (Å²) in [5.41, 5.74) is 0. The van der Waals surface area contributed by atoms with Crippen molar-refractivity contribution in [3.05, 3.63) is 24.3 Å². The Morgan fingerprint density at radius 2 is 2.08 bits per heavy atom. The van der Waals surface area contributed by atoms with Crippen LogP contribution < -0.4 is 24.8 Å². The Kier molecular flexibility index (Phi) is 28.6. The number of rotatable bonds is 0. The molecule has 0 bridgehead atoms. The molecule has 2 aliphatic rings. The minimum atomic E-state index is 0. The topological polar surface area (TPSA) is 0 Å². The fraction of sp³-hybridized carbons (Fsp3) is 0.167. The van der Waals surface area contributed by atoms with Crippen LogP contribution in [0.15, 0.2) is 18.2 Å². The molecule has 0 radical (unpaired) electrons. The minimum Gasteiger partial charge on any atom is -1.00 e. The van der Waals surface area contributed by atoms with E-state index < -0.39 is 0 Å². The second-order valence-electron chi connectivity index (χ2n) is 1.52. The minimum absolute atomic E-state index is 0. The molecule has 0 saturated heterocycles. The van der Waals surface area contributed by atoms with E-state index in [-0.39, 0.29) is 51.0 Å². The van der Waals surface area contributed by atoms with Gasteiger partial charge in [-0.15, -0.1) is 6.42 Å². The quantitative estimate of drug-likeness (QED) is 0.212. The maximum absolute atomic E-state index is 3.52. The van der Waals surface area contributed by atoms with Crippen molar-refractivity contribution in [3.63, 3.8) is 0 Å². The second-order valence-corrected chi connectivity index (χ2v) is 36.3. The molecule has 7 heteroatoms. The summed E-state index contributed by atoms with van der Waals surface area (Å²) in [7, 11) is 0. The number of allylic oxidation sites excluding steroid dienone is 4. The standard InChI is InChI=1S/C5H5.CHAs4.2ClH.Zr/c2*1-2-4-5-3-1;;;/h1-3H,4H2;2H;2*1H;/q2*-1;;;+4/p-2. The average Bonchev–Trinajstić information content (AvgIpc) is 2.67. The molecule has 0 saturated carbocycles. The Hall–Kier alpha value is 3.05. The van der Waals surface area contributed by atoms with E-state index in [9.17, 15) is 0 Å². The zero-order valence-electron chi connectivity index (χ0n) is 6.54. The smallest absolute Gasteiger partial charge is 1.00 e. The zero-order chi connectivity index (χ0) is 7.07. The van der Waals surface area contributed by atoms with Crippen molar-refractivity contribution in [1.29, 1.82) is 0 Å². The molecule has 0 aromatic heterocycles. The van der Waals surface area contributed by atoms with Gasteiger partial charge in [0.1, 0.15) is 0 Å². The summed E-state index contributed by atoms with van der Waals surface area (Å²) in [4.78, 5) is 0. The molecule has 68 valence electrons. The Balaban J connectivity index is -0.000000125. The summed E-state index contributed by atoms with van der Waals surface area (Å²) in [6.07, 6.45) is 10.0. The van der Waals surface area contributed by atoms with Crippen LogP contribution in [0.2, 0.25) is 0 Å². The van der Waals surface area contributed by atoms with Gasteiger partial charge in [-0.2, -0.15) is 6.08 Å². The molecule has 13 heavy (non-hydrogen) atoms. The molecule has 0 aromatic rings. The average molecular weight is 540 g/mol. The third kappa shape index (κ3) is 15.0. The summed E-state index contributed by atoms with van der Waals surface area (Å²) >= 11 is 3.35. The molecule has 0 N–H and O–H groups in total. The van der Waals surface area contributed by atoms with Gasteiger partial charge in [0.15, 0.2) is 0 Å². The van der Waals surface area contributed by atoms with E-state index in [4.69, 9.17) is 0 Å². The van der Waals surface area contributed by atoms with Crippen LogP contribution in [0.25, 0.3) is 0 Å². The molecule has 1 atom stereocenters. The fourth-order valence-corrected chi connectivity index (χ4v) is 81.8. The summed E-state index contributed by atoms with van der Waals surface area (Å²) in [5, 5.41) is 0. The third-order valence-electron chi connectivity index (χ3n) is 0.825. The van der Waals surface area contributed by atoms with E-state index in [1.54, 1.807) is 0 Å². The molecule has 0 fully saturated rings. The van der Waals surface area contributed by atoms with Gasteiger partial charge in [-0.1, -0.05) is 0 Å². The van der Waals surface area contributed by atoms with E-state index in [1.807, 2.05) is 12.2 Å². The Morgan fingerprint density at radius 3 is 2.23 bits per heavy atom. The van der Waals surface area contributed by atoms with Crippen LogP contribution in [0.5, 0.6) is 0 Å². The van der Waals surface area contributed by atoms with Crippen LogP contribution in [0.3, 0.4) is 0 Å². The number of halogens is 2. The maximum atomic E-state index is 3.52. The normalized spacial score (nSPS) is 19.1. The van der Waals surface area contributed by atoms with Gasteiger partial charge in [0.25, 0.3) is 0 Å². The summed E-state index contributed by atoms with van der Waals surface area (Å²) < 4.78 is 3.52. The summed E-state index contributed by atoms with van der Waals surface area (Å²) in [5.74, 6) is 0. The van der Waals surface area contributed by atoms with E-state index in [0.717, 1.165) is 41.8 Å². The molecule has 1 unspecified atom stereocenters. The number of hydrogen-bond acceptors (Lipinski definition) is 0. The van der Waals surface area contributed by atoms with Gasteiger partial charge in [-0.3, -0.25) is 6.08 Å². The zero-order valence-corrected chi connectivity index (χ0v) is 18.2. The van der Waals surface area contributed by atoms with Gasteiger partial charge in [-0.05, 0) is 0 Å². The van der Waals surface area contributed by atoms with Crippen molar-refractivity contribution in [1.82, 2.24) is 0 Å². The van der Waals surface area contributed by atoms with Crippen molar-refractivity contribution in [2.45, 2.75) is 6.42 Å². The van der Waals surface area contributed by atoms with Gasteiger partial charge in [0, 0.05) is 0 Å². The number of hydrogen-bond donors (Lipinski definition) is 0. The summed E-state index contributed by atoms with van der Waals surface area (Å²) in [6.45, 7) is 0. The largest absolute Gasteiger partial charge is 4.00 e. The van der Waals surface area contributed by atoms with E-state index >= 15 is 0 Å². The van der Waals surface area contributed by atoms with E-state index in [2.05, 4.69) is 15.7 Å². The van der Waals surface area contributed by atoms with Crippen molar-refractivity contribution in [3.8, 4) is 0 Å². The SMILES string of the molecule is [C-]1=CC=CC1.[C-]1=[As][As]=[As][AsH]1.[Cl-].[Cl-].[Zr+4]. The van der Waals surface area contributed by atoms with Crippen LogP contribution in [0, 0.1) is 6.08 Å². The maximum Gasteiger partial charge on any atom is 4.00 e. The first-order valence-corrected chi connectivity index (χ1v) is 21.0. The van der Waals surface area contributed by atoms with Crippen LogP contribution in [-0.2, 0) is 26.2 Å². The monoisotopic (exact) mass is 538 g/mol. The second kappa shape index (κ2) is 17.4. The first-order chi connectivity index (χ1) is 5.00. The molecule has 0 nitrogen and oxygen atoms in total. The Morgan fingerprint density at radius 1 is 1.31 bits per heavy atom. The molecule has 0 amide bonds. The Bertz CT molecular complexity index is 161.